The van der Waals surface area contributed by atoms with Crippen molar-refractivity contribution in [2.45, 2.75) is 84.5 Å². The van der Waals surface area contributed by atoms with Crippen LogP contribution in [0.25, 0.3) is 82.8 Å². The number of nitrogens with zero attached hydrogens (tertiary/aromatic N) is 6. The standard InChI is InChI=1S/C88H75BN6/c1-86(2,3)60-38-44-77-67(46-60)68-47-61(87(4,5)6)39-45-78(68)93(77)64-41-43-74-80(51-64)95(85-71(58-30-18-12-19-31-58)54-91-55-72(85)59-32-20-13-21-33-59)82-49-62(88(7,8)9)48-81-83(82)89(74)73-42-40-63(92-75-36-24-22-34-65(75)66-35-23-25-37-76(66)92)50-79(73)94(81)84-69(56-26-14-10-15-27-56)52-90-53-70(84)57-28-16-11-17-29-57/h10-52,54-55,70H,53H2,1-9H3. The molecular formula is C88H75BN6. The lowest BCUT2D eigenvalue weighted by atomic mass is 9.33. The molecule has 14 aromatic rings. The fourth-order valence-electron chi connectivity index (χ4n) is 15.6. The van der Waals surface area contributed by atoms with Gasteiger partial charge in [0.2, 0.25) is 0 Å². The van der Waals surface area contributed by atoms with E-state index in [1.165, 1.54) is 88.0 Å². The number of benzene rings is 11. The Morgan fingerprint density at radius 2 is 0.811 bits per heavy atom. The van der Waals surface area contributed by atoms with Crippen LogP contribution in [0.5, 0.6) is 0 Å². The zero-order chi connectivity index (χ0) is 64.6. The number of hydrogen-bond acceptors (Lipinski definition) is 4. The van der Waals surface area contributed by atoms with Crippen LogP contribution in [0.3, 0.4) is 0 Å². The Hall–Kier alpha value is -10.8. The van der Waals surface area contributed by atoms with Crippen LogP contribution in [0.2, 0.25) is 0 Å². The van der Waals surface area contributed by atoms with Crippen molar-refractivity contribution in [1.82, 2.24) is 14.1 Å². The van der Waals surface area contributed by atoms with Gasteiger partial charge in [0.15, 0.2) is 0 Å². The predicted octanol–water partition coefficient (Wildman–Crippen LogP) is 20.5. The highest BCUT2D eigenvalue weighted by atomic mass is 15.2. The first-order valence-corrected chi connectivity index (χ1v) is 33.6. The van der Waals surface area contributed by atoms with Gasteiger partial charge in [-0.3, -0.25) is 9.98 Å². The lowest BCUT2D eigenvalue weighted by molar-refractivity contribution is 0.590. The number of pyridine rings is 1. The second-order valence-electron chi connectivity index (χ2n) is 29.4. The average Bonchev–Trinajstić information content (AvgIpc) is 1.16. The molecule has 0 saturated heterocycles. The summed E-state index contributed by atoms with van der Waals surface area (Å²) in [4.78, 5) is 15.9. The van der Waals surface area contributed by atoms with Gasteiger partial charge in [0.05, 0.1) is 34.3 Å². The van der Waals surface area contributed by atoms with Crippen molar-refractivity contribution in [1.29, 1.82) is 0 Å². The number of para-hydroxylation sites is 2. The molecule has 0 bridgehead atoms. The maximum absolute atomic E-state index is 5.32. The molecule has 1 unspecified atom stereocenters. The molecule has 6 heterocycles. The average molecular weight is 1230 g/mol. The van der Waals surface area contributed by atoms with Crippen molar-refractivity contribution < 1.29 is 0 Å². The Morgan fingerprint density at radius 1 is 0.379 bits per heavy atom. The molecule has 0 aliphatic carbocycles. The summed E-state index contributed by atoms with van der Waals surface area (Å²) in [5, 5.41) is 4.98. The second-order valence-corrected chi connectivity index (χ2v) is 29.4. The maximum atomic E-state index is 5.32. The number of aromatic nitrogens is 3. The largest absolute Gasteiger partial charge is 0.314 e. The highest BCUT2D eigenvalue weighted by Gasteiger charge is 2.47. The van der Waals surface area contributed by atoms with Crippen molar-refractivity contribution in [3.05, 3.63) is 301 Å². The molecule has 0 saturated carbocycles. The van der Waals surface area contributed by atoms with Crippen LogP contribution in [-0.4, -0.2) is 33.6 Å². The number of anilines is 5. The molecule has 17 rings (SSSR count). The third kappa shape index (κ3) is 9.44. The molecule has 3 aliphatic heterocycles. The summed E-state index contributed by atoms with van der Waals surface area (Å²) >= 11 is 0. The molecule has 460 valence electrons. The lowest BCUT2D eigenvalue weighted by Crippen LogP contribution is -2.62. The second kappa shape index (κ2) is 21.9. The summed E-state index contributed by atoms with van der Waals surface area (Å²) in [5.74, 6) is -0.110. The number of rotatable bonds is 8. The van der Waals surface area contributed by atoms with Crippen LogP contribution in [0.4, 0.5) is 28.4 Å². The summed E-state index contributed by atoms with van der Waals surface area (Å²) in [6.07, 6.45) is 6.35. The molecule has 95 heavy (non-hydrogen) atoms. The van der Waals surface area contributed by atoms with Gasteiger partial charge in [-0.2, -0.15) is 0 Å². The van der Waals surface area contributed by atoms with Gasteiger partial charge in [-0.15, -0.1) is 0 Å². The summed E-state index contributed by atoms with van der Waals surface area (Å²) in [7, 11) is 0. The van der Waals surface area contributed by atoms with Gasteiger partial charge in [0.25, 0.3) is 6.71 Å². The van der Waals surface area contributed by atoms with Gasteiger partial charge < -0.3 is 18.9 Å². The lowest BCUT2D eigenvalue weighted by Gasteiger charge is -2.47. The van der Waals surface area contributed by atoms with E-state index in [0.717, 1.165) is 73.2 Å². The van der Waals surface area contributed by atoms with Gasteiger partial charge in [-0.25, -0.2) is 0 Å². The van der Waals surface area contributed by atoms with E-state index < -0.39 is 0 Å². The third-order valence-corrected chi connectivity index (χ3v) is 20.5. The minimum absolute atomic E-state index is 0.0467. The molecule has 0 amide bonds. The van der Waals surface area contributed by atoms with Gasteiger partial charge in [-0.05, 0) is 144 Å². The Morgan fingerprint density at radius 3 is 1.31 bits per heavy atom. The van der Waals surface area contributed by atoms with Crippen LogP contribution in [0.1, 0.15) is 96.0 Å². The number of fused-ring (bicyclic) bond motifs is 10. The summed E-state index contributed by atoms with van der Waals surface area (Å²) in [6, 6.07) is 96.0. The zero-order valence-electron chi connectivity index (χ0n) is 55.5. The molecule has 6 nitrogen and oxygen atoms in total. The van der Waals surface area contributed by atoms with Crippen LogP contribution < -0.4 is 26.2 Å². The molecule has 0 fully saturated rings. The minimum Gasteiger partial charge on any atom is -0.314 e. The molecule has 11 aromatic carbocycles. The van der Waals surface area contributed by atoms with E-state index in [4.69, 9.17) is 9.98 Å². The molecule has 1 atom stereocenters. The minimum atomic E-state index is -0.307. The van der Waals surface area contributed by atoms with Crippen molar-refractivity contribution in [2.75, 3.05) is 16.3 Å². The van der Waals surface area contributed by atoms with Crippen LogP contribution in [0.15, 0.2) is 278 Å². The molecular weight excluding hydrogens is 1150 g/mol. The quantitative estimate of drug-likeness (QED) is 0.142. The Kier molecular flexibility index (Phi) is 13.4. The van der Waals surface area contributed by atoms with Crippen molar-refractivity contribution in [3.8, 4) is 33.6 Å². The fourth-order valence-corrected chi connectivity index (χ4v) is 15.6. The monoisotopic (exact) mass is 1230 g/mol. The van der Waals surface area contributed by atoms with Crippen molar-refractivity contribution >= 4 is 107 Å². The summed E-state index contributed by atoms with van der Waals surface area (Å²) in [6.45, 7) is 21.5. The van der Waals surface area contributed by atoms with E-state index in [1.54, 1.807) is 0 Å². The first-order chi connectivity index (χ1) is 46.1. The van der Waals surface area contributed by atoms with E-state index in [9.17, 15) is 0 Å². The van der Waals surface area contributed by atoms with Gasteiger partial charge in [0.1, 0.15) is 0 Å². The maximum Gasteiger partial charge on any atom is 0.252 e. The predicted molar refractivity (Wildman–Crippen MR) is 404 cm³/mol. The number of allylic oxidation sites excluding steroid dienone is 1. The van der Waals surface area contributed by atoms with Crippen molar-refractivity contribution in [3.63, 3.8) is 0 Å². The van der Waals surface area contributed by atoms with Crippen LogP contribution in [-0.2, 0) is 16.2 Å². The fraction of sp³-hybridized carbons (Fsp3) is 0.159. The first kappa shape index (κ1) is 58.1. The Labute approximate surface area is 557 Å². The molecule has 0 radical (unpaired) electrons. The highest BCUT2D eigenvalue weighted by Crippen LogP contribution is 2.53. The smallest absolute Gasteiger partial charge is 0.252 e. The third-order valence-electron chi connectivity index (χ3n) is 20.5. The normalized spacial score (nSPS) is 14.7. The molecule has 0 N–H and O–H groups in total. The van der Waals surface area contributed by atoms with E-state index in [1.807, 2.05) is 0 Å². The Balaban J connectivity index is 1.04. The van der Waals surface area contributed by atoms with E-state index in [2.05, 4.69) is 355 Å². The summed E-state index contributed by atoms with van der Waals surface area (Å²) in [5.41, 5.74) is 28.6. The topological polar surface area (TPSA) is 41.6 Å². The Bertz CT molecular complexity index is 5280. The number of dihydropyridines is 1. The van der Waals surface area contributed by atoms with Crippen LogP contribution >= 0.6 is 0 Å². The van der Waals surface area contributed by atoms with Crippen molar-refractivity contribution in [2.24, 2.45) is 4.99 Å². The summed E-state index contributed by atoms with van der Waals surface area (Å²) < 4.78 is 5.03. The van der Waals surface area contributed by atoms with Gasteiger partial charge >= 0.3 is 0 Å². The number of aliphatic imine (C=N–C) groups is 1. The molecule has 7 heteroatoms. The molecule has 0 spiro atoms. The first-order valence-electron chi connectivity index (χ1n) is 33.6. The number of hydrogen-bond donors (Lipinski definition) is 0. The highest BCUT2D eigenvalue weighted by molar-refractivity contribution is 7.00. The van der Waals surface area contributed by atoms with E-state index in [-0.39, 0.29) is 28.9 Å². The SMILES string of the molecule is CC(C)(C)c1cc2c3c(c1)N(c1c(-c4ccccc4)cncc1-c1ccccc1)c1cc(-n4c5ccc(C(C)(C)C)cc5c5cc(C(C)(C)C)ccc54)ccc1B3c1ccc(-n3c4ccccc4c4ccccc43)cc1N2C1=C(c2ccccc2)C=NCC1c1ccccc1. The van der Waals surface area contributed by atoms with Gasteiger partial charge in [-0.1, -0.05) is 244 Å². The zero-order valence-corrected chi connectivity index (χ0v) is 55.5. The van der Waals surface area contributed by atoms with Crippen LogP contribution in [0, 0.1) is 0 Å². The molecule has 3 aromatic heterocycles. The van der Waals surface area contributed by atoms with Gasteiger partial charge in [0, 0.05) is 103 Å². The van der Waals surface area contributed by atoms with E-state index >= 15 is 0 Å². The van der Waals surface area contributed by atoms with E-state index in [0.29, 0.717) is 6.54 Å². The molecule has 3 aliphatic rings.